The van der Waals surface area contributed by atoms with Crippen LogP contribution in [-0.4, -0.2) is 37.6 Å². The molecule has 5 aliphatic carbocycles. The van der Waals surface area contributed by atoms with Crippen molar-refractivity contribution in [2.45, 2.75) is 143 Å². The largest absolute Gasteiger partial charge is 1.00 e. The van der Waals surface area contributed by atoms with Gasteiger partial charge >= 0.3 is 79.9 Å². The molecule has 2 N–H and O–H groups in total. The van der Waals surface area contributed by atoms with E-state index >= 15 is 0 Å². The van der Waals surface area contributed by atoms with Crippen molar-refractivity contribution in [2.75, 3.05) is 0 Å². The monoisotopic (exact) mass is 740 g/mol. The molecule has 0 aromatic heterocycles. The molecule has 5 fully saturated rings. The Kier molecular flexibility index (Phi) is 10.7. The van der Waals surface area contributed by atoms with E-state index in [0.29, 0.717) is 35.3 Å². The van der Waals surface area contributed by atoms with Crippen LogP contribution in [0.2, 0.25) is 0 Å². The zero-order chi connectivity index (χ0) is 34.2. The molecule has 1 aromatic carbocycles. The summed E-state index contributed by atoms with van der Waals surface area (Å²) in [6.07, 6.45) is 12.8. The van der Waals surface area contributed by atoms with Crippen molar-refractivity contribution in [3.8, 4) is 11.5 Å². The van der Waals surface area contributed by atoms with Gasteiger partial charge < -0.3 is 13.1 Å². The van der Waals surface area contributed by atoms with Crippen LogP contribution < -0.4 is 67.5 Å². The van der Waals surface area contributed by atoms with E-state index in [1.54, 1.807) is 0 Å². The second-order valence-corrected chi connectivity index (χ2v) is 20.3. The molecular formula is C36H54Na2O9S2+2. The third-order valence-electron chi connectivity index (χ3n) is 15.7. The zero-order valence-corrected chi connectivity index (χ0v) is 36.7. The van der Waals surface area contributed by atoms with Crippen molar-refractivity contribution >= 4 is 20.8 Å². The molecule has 7 rings (SSSR count). The smallest absolute Gasteiger partial charge is 0.371 e. The number of fused-ring (bicyclic) bond motifs is 7. The van der Waals surface area contributed by atoms with Crippen LogP contribution in [0.3, 0.4) is 0 Å². The van der Waals surface area contributed by atoms with Gasteiger partial charge in [-0.05, 0) is 135 Å². The predicted molar refractivity (Wildman–Crippen MR) is 178 cm³/mol. The first-order valence-electron chi connectivity index (χ1n) is 17.7. The average Bonchev–Trinajstić information content (AvgIpc) is 3.50. The summed E-state index contributed by atoms with van der Waals surface area (Å²) in [4.78, 5) is 0. The van der Waals surface area contributed by atoms with Gasteiger partial charge in [0.05, 0.1) is 11.7 Å². The van der Waals surface area contributed by atoms with Crippen LogP contribution in [0.5, 0.6) is 11.5 Å². The fourth-order valence-electron chi connectivity index (χ4n) is 13.3. The summed E-state index contributed by atoms with van der Waals surface area (Å²) in [6, 6.07) is 2.62. The summed E-state index contributed by atoms with van der Waals surface area (Å²) < 4.78 is 84.2. The van der Waals surface area contributed by atoms with E-state index in [4.69, 9.17) is 13.1 Å². The van der Waals surface area contributed by atoms with Gasteiger partial charge in [-0.1, -0.05) is 48.0 Å². The van der Waals surface area contributed by atoms with Crippen molar-refractivity contribution in [3.63, 3.8) is 0 Å². The molecule has 13 heteroatoms. The van der Waals surface area contributed by atoms with Gasteiger partial charge in [0.1, 0.15) is 11.5 Å². The summed E-state index contributed by atoms with van der Waals surface area (Å²) in [5.74, 6) is 1.52. The minimum Gasteiger partial charge on any atom is -0.371 e. The molecular weight excluding hydrogens is 687 g/mol. The molecule has 1 heterocycles. The molecule has 0 bridgehead atoms. The Bertz CT molecular complexity index is 1700. The van der Waals surface area contributed by atoms with E-state index in [-0.39, 0.29) is 110 Å². The van der Waals surface area contributed by atoms with Crippen LogP contribution in [0, 0.1) is 45.3 Å². The fraction of sp³-hybridized carbons (Fsp3) is 0.833. The Morgan fingerprint density at radius 1 is 0.735 bits per heavy atom. The number of hydrogen-bond donors (Lipinski definition) is 2. The maximum absolute atomic E-state index is 11.9. The molecule has 4 saturated carbocycles. The summed E-state index contributed by atoms with van der Waals surface area (Å²) in [7, 11) is -9.65. The molecule has 0 radical (unpaired) electrons. The van der Waals surface area contributed by atoms with E-state index in [1.165, 1.54) is 37.8 Å². The third kappa shape index (κ3) is 6.38. The second kappa shape index (κ2) is 12.8. The Balaban J connectivity index is 0.00000234. The maximum Gasteiger partial charge on any atom is 1.00 e. The summed E-state index contributed by atoms with van der Waals surface area (Å²) in [5, 5.41) is 0. The van der Waals surface area contributed by atoms with Crippen molar-refractivity contribution in [3.05, 3.63) is 23.3 Å². The Morgan fingerprint density at radius 3 is 2.00 bits per heavy atom. The molecule has 264 valence electrons. The summed E-state index contributed by atoms with van der Waals surface area (Å²) in [5.41, 5.74) is 0.790. The van der Waals surface area contributed by atoms with E-state index in [1.807, 2.05) is 0 Å². The Hall–Kier alpha value is 0.600. The third-order valence-corrected chi connectivity index (χ3v) is 16.5. The van der Waals surface area contributed by atoms with E-state index in [9.17, 15) is 25.9 Å². The summed E-state index contributed by atoms with van der Waals surface area (Å²) in [6.45, 7) is 16.9. The number of ether oxygens (including phenoxy) is 1. The normalized spacial score (nSPS) is 43.7. The van der Waals surface area contributed by atoms with Gasteiger partial charge in [0.2, 0.25) is 0 Å². The number of benzene rings is 1. The number of hydrogen-bond acceptors (Lipinski definition) is 7. The van der Waals surface area contributed by atoms with Gasteiger partial charge in [-0.25, -0.2) is 0 Å². The fourth-order valence-corrected chi connectivity index (χ4v) is 14.0. The van der Waals surface area contributed by atoms with Crippen molar-refractivity contribution in [1.82, 2.24) is 0 Å². The first kappa shape index (κ1) is 40.8. The van der Waals surface area contributed by atoms with Gasteiger partial charge in [-0.2, -0.15) is 16.8 Å². The Morgan fingerprint density at radius 2 is 1.35 bits per heavy atom. The van der Waals surface area contributed by atoms with E-state index in [0.717, 1.165) is 44.9 Å². The summed E-state index contributed by atoms with van der Waals surface area (Å²) >= 11 is 0. The molecule has 0 amide bonds. The SMILES string of the molecule is CC1(C)CCC[C@]2(C)OC3CC[C@](C)(C4CC5CC[C@]6(C)c7c(OS(=O)(=O)O)ccc(OS(=O)(=O)O)c7CC6[C@]5(C)C4)[C@]3(C)CCC12.[Na+].[Na+]. The quantitative estimate of drug-likeness (QED) is 0.343. The first-order valence-corrected chi connectivity index (χ1v) is 20.5. The number of rotatable bonds is 5. The molecule has 1 aliphatic heterocycles. The molecule has 49 heavy (non-hydrogen) atoms. The molecule has 9 nitrogen and oxygen atoms in total. The average molecular weight is 741 g/mol. The van der Waals surface area contributed by atoms with E-state index in [2.05, 4.69) is 48.5 Å². The van der Waals surface area contributed by atoms with Crippen molar-refractivity contribution < 1.29 is 98.2 Å². The predicted octanol–water partition coefficient (Wildman–Crippen LogP) is 1.88. The van der Waals surface area contributed by atoms with Crippen LogP contribution >= 0.6 is 0 Å². The minimum atomic E-state index is -4.83. The van der Waals surface area contributed by atoms with Crippen LogP contribution in [0.4, 0.5) is 0 Å². The van der Waals surface area contributed by atoms with Crippen LogP contribution in [0.15, 0.2) is 12.1 Å². The van der Waals surface area contributed by atoms with Crippen LogP contribution in [0.1, 0.15) is 130 Å². The van der Waals surface area contributed by atoms with Crippen molar-refractivity contribution in [1.29, 1.82) is 0 Å². The first-order chi connectivity index (χ1) is 21.5. The van der Waals surface area contributed by atoms with Crippen LogP contribution in [0.25, 0.3) is 0 Å². The standard InChI is InChI=1S/C36H54O9S2.2Na/c1-31(2)14-8-15-36(7)27(31)12-17-35(6)29(43-36)13-18-34(35,5)23-19-22-11-16-32(3)28(33(22,4)21-23)20-24-25(44-46(37,38)39)9-10-26(30(24)32)45-47(40,41)42;;/h9-10,22-23,27-29H,8,11-21H2,1-7H3,(H,37,38,39)(H,40,41,42);;/q;2*+1/t22?,23?,27?,28?,29?,32-,33+,34+,35+,36-;;/m0../s1. The van der Waals surface area contributed by atoms with Gasteiger partial charge in [0.15, 0.2) is 0 Å². The second-order valence-electron chi connectivity index (χ2n) is 18.2. The van der Waals surface area contributed by atoms with Gasteiger partial charge in [-0.15, -0.1) is 0 Å². The van der Waals surface area contributed by atoms with Gasteiger partial charge in [0.25, 0.3) is 0 Å². The van der Waals surface area contributed by atoms with Gasteiger partial charge in [-0.3, -0.25) is 9.11 Å². The molecule has 10 atom stereocenters. The van der Waals surface area contributed by atoms with Crippen molar-refractivity contribution in [2.24, 2.45) is 45.3 Å². The molecule has 6 aliphatic rings. The van der Waals surface area contributed by atoms with Crippen LogP contribution in [-0.2, 0) is 37.4 Å². The van der Waals surface area contributed by atoms with Gasteiger partial charge in [0, 0.05) is 16.5 Å². The molecule has 0 spiro atoms. The topological polar surface area (TPSA) is 136 Å². The molecule has 1 aromatic rings. The molecule has 5 unspecified atom stereocenters. The molecule has 1 saturated heterocycles. The maximum atomic E-state index is 11.9. The zero-order valence-electron chi connectivity index (χ0n) is 31.1. The minimum absolute atomic E-state index is 0. The Labute approximate surface area is 338 Å². The van der Waals surface area contributed by atoms with E-state index < -0.39 is 26.2 Å².